The Morgan fingerprint density at radius 1 is 0.944 bits per heavy atom. The Labute approximate surface area is 96.8 Å². The fraction of sp³-hybridized carbons (Fsp3) is 0.250. The van der Waals surface area contributed by atoms with Gasteiger partial charge in [-0.2, -0.15) is 26.3 Å². The van der Waals surface area contributed by atoms with Crippen LogP contribution >= 0.6 is 0 Å². The van der Waals surface area contributed by atoms with E-state index in [9.17, 15) is 26.3 Å². The van der Waals surface area contributed by atoms with E-state index in [0.717, 1.165) is 0 Å². The number of hydrogen-bond donors (Lipinski definition) is 2. The van der Waals surface area contributed by atoms with Crippen molar-refractivity contribution in [3.05, 3.63) is 29.3 Å². The lowest BCUT2D eigenvalue weighted by Gasteiger charge is -2.19. The molecule has 3 nitrogen and oxygen atoms in total. The van der Waals surface area contributed by atoms with E-state index in [0.29, 0.717) is 12.1 Å². The Hall–Kier alpha value is -1.42. The smallest absolute Gasteiger partial charge is 0.511 e. The normalized spacial score (nSPS) is 12.4. The van der Waals surface area contributed by atoms with Gasteiger partial charge in [0, 0.05) is 0 Å². The van der Waals surface area contributed by atoms with Crippen molar-refractivity contribution < 1.29 is 41.0 Å². The summed E-state index contributed by atoms with van der Waals surface area (Å²) in [5, 5.41) is 16.7. The van der Waals surface area contributed by atoms with Crippen LogP contribution in [0.2, 0.25) is 0 Å². The second-order valence-corrected chi connectivity index (χ2v) is 3.12. The molecule has 0 atom stereocenters. The topological polar surface area (TPSA) is 49.7 Å². The first-order valence-electron chi connectivity index (χ1n) is 4.33. The summed E-state index contributed by atoms with van der Waals surface area (Å²) in [6.07, 6.45) is -10.6. The lowest BCUT2D eigenvalue weighted by molar-refractivity contribution is -0.162. The van der Waals surface area contributed by atoms with E-state index >= 15 is 0 Å². The van der Waals surface area contributed by atoms with Crippen molar-refractivity contribution in [1.82, 2.24) is 0 Å². The lowest BCUT2D eigenvalue weighted by atomic mass is 10.0. The van der Waals surface area contributed by atoms with Gasteiger partial charge in [-0.15, -0.1) is 0 Å². The van der Waals surface area contributed by atoms with E-state index in [1.807, 2.05) is 0 Å². The fourth-order valence-electron chi connectivity index (χ4n) is 1.27. The lowest BCUT2D eigenvalue weighted by Crippen LogP contribution is -2.24. The molecular formula is C8H5BF6O3. The first-order chi connectivity index (χ1) is 8.03. The first-order valence-corrected chi connectivity index (χ1v) is 4.33. The summed E-state index contributed by atoms with van der Waals surface area (Å²) in [5.74, 6) is -1.31. The van der Waals surface area contributed by atoms with Crippen molar-refractivity contribution in [2.75, 3.05) is 0 Å². The van der Waals surface area contributed by atoms with Crippen LogP contribution < -0.4 is 4.65 Å². The van der Waals surface area contributed by atoms with Gasteiger partial charge in [-0.1, -0.05) is 6.07 Å². The summed E-state index contributed by atoms with van der Waals surface area (Å²) in [4.78, 5) is 0. The van der Waals surface area contributed by atoms with E-state index in [1.54, 1.807) is 0 Å². The van der Waals surface area contributed by atoms with Crippen LogP contribution in [-0.2, 0) is 12.4 Å². The molecule has 0 amide bonds. The van der Waals surface area contributed by atoms with Crippen molar-refractivity contribution in [3.63, 3.8) is 0 Å². The predicted molar refractivity (Wildman–Crippen MR) is 47.3 cm³/mol. The minimum absolute atomic E-state index is 0.222. The molecule has 1 rings (SSSR count). The molecule has 0 spiro atoms. The highest BCUT2D eigenvalue weighted by atomic mass is 19.4. The molecule has 0 aliphatic rings. The van der Waals surface area contributed by atoms with Gasteiger partial charge in [-0.3, -0.25) is 0 Å². The summed E-state index contributed by atoms with van der Waals surface area (Å²) in [7, 11) is -2.66. The number of halogens is 6. The summed E-state index contributed by atoms with van der Waals surface area (Å²) in [5.41, 5.74) is -4.07. The average Bonchev–Trinajstić information content (AvgIpc) is 2.13. The zero-order valence-electron chi connectivity index (χ0n) is 8.38. The van der Waals surface area contributed by atoms with Crippen molar-refractivity contribution in [1.29, 1.82) is 0 Å². The Kier molecular flexibility index (Phi) is 3.82. The van der Waals surface area contributed by atoms with Gasteiger partial charge in [0.05, 0.1) is 5.56 Å². The quantitative estimate of drug-likeness (QED) is 0.641. The van der Waals surface area contributed by atoms with E-state index in [1.165, 1.54) is 0 Å². The highest BCUT2D eigenvalue weighted by Crippen LogP contribution is 2.44. The first kappa shape index (κ1) is 14.6. The molecule has 0 aliphatic carbocycles. The van der Waals surface area contributed by atoms with Crippen LogP contribution in [0.25, 0.3) is 0 Å². The molecule has 0 aliphatic heterocycles. The van der Waals surface area contributed by atoms with Crippen LogP contribution in [0.3, 0.4) is 0 Å². The molecule has 0 fully saturated rings. The third-order valence-corrected chi connectivity index (χ3v) is 1.85. The number of hydrogen-bond acceptors (Lipinski definition) is 3. The van der Waals surface area contributed by atoms with E-state index in [-0.39, 0.29) is 6.07 Å². The van der Waals surface area contributed by atoms with Crippen LogP contribution in [0.15, 0.2) is 18.2 Å². The molecule has 100 valence electrons. The van der Waals surface area contributed by atoms with Crippen LogP contribution in [0.1, 0.15) is 11.1 Å². The third kappa shape index (κ3) is 3.29. The molecule has 1 aromatic rings. The molecule has 2 N–H and O–H groups in total. The summed E-state index contributed by atoms with van der Waals surface area (Å²) >= 11 is 0. The van der Waals surface area contributed by atoms with Crippen molar-refractivity contribution in [3.8, 4) is 5.75 Å². The van der Waals surface area contributed by atoms with Crippen molar-refractivity contribution >= 4 is 7.32 Å². The Bertz CT molecular complexity index is 428. The van der Waals surface area contributed by atoms with Gasteiger partial charge in [0.15, 0.2) is 0 Å². The molecule has 0 saturated carbocycles. The zero-order valence-corrected chi connectivity index (χ0v) is 8.38. The monoisotopic (exact) mass is 274 g/mol. The molecule has 18 heavy (non-hydrogen) atoms. The van der Waals surface area contributed by atoms with Gasteiger partial charge < -0.3 is 14.7 Å². The number of benzene rings is 1. The van der Waals surface area contributed by atoms with Gasteiger partial charge in [0.25, 0.3) is 0 Å². The highest BCUT2D eigenvalue weighted by Gasteiger charge is 2.45. The van der Waals surface area contributed by atoms with Gasteiger partial charge in [0.2, 0.25) is 0 Å². The SMILES string of the molecule is OB(O)Oc1cccc(C(F)(F)F)c1C(F)(F)F. The van der Waals surface area contributed by atoms with E-state index < -0.39 is 36.6 Å². The number of alkyl halides is 6. The minimum Gasteiger partial charge on any atom is -0.511 e. The molecule has 0 saturated heterocycles. The van der Waals surface area contributed by atoms with Gasteiger partial charge >= 0.3 is 19.7 Å². The molecule has 0 radical (unpaired) electrons. The summed E-state index contributed by atoms with van der Waals surface area (Å²) < 4.78 is 78.8. The molecule has 0 aromatic heterocycles. The van der Waals surface area contributed by atoms with Crippen molar-refractivity contribution in [2.24, 2.45) is 0 Å². The second kappa shape index (κ2) is 4.69. The molecule has 0 bridgehead atoms. The highest BCUT2D eigenvalue weighted by molar-refractivity contribution is 6.33. The summed E-state index contributed by atoms with van der Waals surface area (Å²) in [6.45, 7) is 0. The average molecular weight is 274 g/mol. The second-order valence-electron chi connectivity index (χ2n) is 3.12. The Balaban J connectivity index is 3.46. The molecule has 0 unspecified atom stereocenters. The number of rotatable bonds is 2. The zero-order chi connectivity index (χ0) is 14.1. The fourth-order valence-corrected chi connectivity index (χ4v) is 1.27. The van der Waals surface area contributed by atoms with Gasteiger partial charge in [0.1, 0.15) is 11.3 Å². The largest absolute Gasteiger partial charge is 0.707 e. The third-order valence-electron chi connectivity index (χ3n) is 1.85. The van der Waals surface area contributed by atoms with Crippen LogP contribution in [0.5, 0.6) is 5.75 Å². The molecule has 0 heterocycles. The van der Waals surface area contributed by atoms with Crippen LogP contribution in [0.4, 0.5) is 26.3 Å². The standard InChI is InChI=1S/C8H5BF6O3/c10-7(11,12)4-2-1-3-5(18-9(16)17)6(4)8(13,14)15/h1-3,16-17H. The maximum absolute atomic E-state index is 12.5. The Morgan fingerprint density at radius 2 is 1.50 bits per heavy atom. The van der Waals surface area contributed by atoms with E-state index in [4.69, 9.17) is 10.0 Å². The predicted octanol–water partition coefficient (Wildman–Crippen LogP) is 2.07. The van der Waals surface area contributed by atoms with Crippen molar-refractivity contribution in [2.45, 2.75) is 12.4 Å². The molecular weight excluding hydrogens is 269 g/mol. The maximum Gasteiger partial charge on any atom is 0.707 e. The van der Waals surface area contributed by atoms with Crippen LogP contribution in [-0.4, -0.2) is 17.4 Å². The maximum atomic E-state index is 12.5. The van der Waals surface area contributed by atoms with Gasteiger partial charge in [-0.05, 0) is 12.1 Å². The van der Waals surface area contributed by atoms with E-state index in [2.05, 4.69) is 4.65 Å². The minimum atomic E-state index is -5.35. The molecule has 10 heteroatoms. The van der Waals surface area contributed by atoms with Crippen LogP contribution in [0, 0.1) is 0 Å². The summed E-state index contributed by atoms with van der Waals surface area (Å²) in [6, 6.07) is 1.44. The molecule has 1 aromatic carbocycles. The Morgan fingerprint density at radius 3 is 1.89 bits per heavy atom. The van der Waals surface area contributed by atoms with Gasteiger partial charge in [-0.25, -0.2) is 0 Å².